The molecule has 0 atom stereocenters. The highest BCUT2D eigenvalue weighted by Crippen LogP contribution is 2.31. The molecule has 1 rings (SSSR count). The fourth-order valence-electron chi connectivity index (χ4n) is 1.22. The topological polar surface area (TPSA) is 103 Å². The van der Waals surface area contributed by atoms with Crippen molar-refractivity contribution in [2.24, 2.45) is 0 Å². The average Bonchev–Trinajstić information content (AvgIpc) is 2.27. The molecule has 0 saturated heterocycles. The first-order valence-corrected chi connectivity index (χ1v) is 4.59. The van der Waals surface area contributed by atoms with E-state index in [4.69, 9.17) is 0 Å². The van der Waals surface area contributed by atoms with Crippen molar-refractivity contribution >= 4 is 11.8 Å². The van der Waals surface area contributed by atoms with Gasteiger partial charge in [-0.25, -0.2) is 8.78 Å². The van der Waals surface area contributed by atoms with Gasteiger partial charge >= 0.3 is 18.2 Å². The van der Waals surface area contributed by atoms with Crippen LogP contribution < -0.4 is 0 Å². The van der Waals surface area contributed by atoms with Crippen LogP contribution in [0.4, 0.5) is 14.6 Å². The van der Waals surface area contributed by atoms with Gasteiger partial charge in [-0.2, -0.15) is 0 Å². The standard InChI is InChI=1S/C9H8F2N2O5/c1-18-6(15)3-4-2-5(14)7(8(10)11)12-9(4)13(16)17/h2,8,14H,3H2,1H3. The molecule has 18 heavy (non-hydrogen) atoms. The molecule has 0 radical (unpaired) electrons. The predicted molar refractivity (Wildman–Crippen MR) is 53.2 cm³/mol. The molecule has 0 saturated carbocycles. The molecule has 0 aliphatic rings. The van der Waals surface area contributed by atoms with Gasteiger partial charge in [0, 0.05) is 0 Å². The van der Waals surface area contributed by atoms with Gasteiger partial charge in [0.2, 0.25) is 0 Å². The number of nitro groups is 1. The Hall–Kier alpha value is -2.32. The Bertz CT molecular complexity index is 492. The van der Waals surface area contributed by atoms with Gasteiger partial charge in [0.1, 0.15) is 0 Å². The number of carbonyl (C=O) groups excluding carboxylic acids is 1. The van der Waals surface area contributed by atoms with E-state index < -0.39 is 41.0 Å². The van der Waals surface area contributed by atoms with Crippen molar-refractivity contribution in [3.05, 3.63) is 27.4 Å². The van der Waals surface area contributed by atoms with E-state index in [9.17, 15) is 28.8 Å². The minimum atomic E-state index is -3.16. The lowest BCUT2D eigenvalue weighted by atomic mass is 10.1. The molecule has 0 aliphatic heterocycles. The second-order valence-corrected chi connectivity index (χ2v) is 3.19. The summed E-state index contributed by atoms with van der Waals surface area (Å²) in [4.78, 5) is 23.7. The second-order valence-electron chi connectivity index (χ2n) is 3.19. The van der Waals surface area contributed by atoms with E-state index in [1.165, 1.54) is 0 Å². The van der Waals surface area contributed by atoms with Gasteiger partial charge in [-0.05, 0) is 16.0 Å². The van der Waals surface area contributed by atoms with E-state index in [0.29, 0.717) is 6.07 Å². The summed E-state index contributed by atoms with van der Waals surface area (Å²) in [6.07, 6.45) is -3.70. The quantitative estimate of drug-likeness (QED) is 0.499. The normalized spacial score (nSPS) is 10.4. The molecule has 98 valence electrons. The van der Waals surface area contributed by atoms with Crippen molar-refractivity contribution in [3.63, 3.8) is 0 Å². The van der Waals surface area contributed by atoms with Crippen molar-refractivity contribution in [3.8, 4) is 5.75 Å². The second kappa shape index (κ2) is 5.34. The highest BCUT2D eigenvalue weighted by molar-refractivity contribution is 5.73. The van der Waals surface area contributed by atoms with E-state index in [1.807, 2.05) is 0 Å². The molecule has 0 spiro atoms. The van der Waals surface area contributed by atoms with Crippen LogP contribution in [0.1, 0.15) is 17.7 Å². The lowest BCUT2D eigenvalue weighted by molar-refractivity contribution is -0.390. The SMILES string of the molecule is COC(=O)Cc1cc(O)c(C(F)F)nc1[N+](=O)[O-]. The molecular formula is C9H8F2N2O5. The van der Waals surface area contributed by atoms with Crippen LogP contribution in [0, 0.1) is 10.1 Å². The minimum absolute atomic E-state index is 0.297. The van der Waals surface area contributed by atoms with Crippen molar-refractivity contribution in [2.45, 2.75) is 12.8 Å². The van der Waals surface area contributed by atoms with Crippen molar-refractivity contribution in [1.82, 2.24) is 4.98 Å². The van der Waals surface area contributed by atoms with Crippen LogP contribution >= 0.6 is 0 Å². The Balaban J connectivity index is 3.29. The molecule has 7 nitrogen and oxygen atoms in total. The van der Waals surface area contributed by atoms with E-state index in [2.05, 4.69) is 9.72 Å². The zero-order valence-corrected chi connectivity index (χ0v) is 9.09. The van der Waals surface area contributed by atoms with Crippen LogP contribution in [-0.2, 0) is 16.0 Å². The number of alkyl halides is 2. The van der Waals surface area contributed by atoms with E-state index in [1.54, 1.807) is 0 Å². The Morgan fingerprint density at radius 1 is 1.67 bits per heavy atom. The minimum Gasteiger partial charge on any atom is -0.504 e. The van der Waals surface area contributed by atoms with Gasteiger partial charge < -0.3 is 20.0 Å². The number of carbonyl (C=O) groups is 1. The van der Waals surface area contributed by atoms with Crippen LogP contribution in [0.2, 0.25) is 0 Å². The number of aromatic hydroxyl groups is 1. The maximum absolute atomic E-state index is 12.4. The number of esters is 1. The number of methoxy groups -OCH3 is 1. The summed E-state index contributed by atoms with van der Waals surface area (Å²) in [5, 5.41) is 19.9. The number of pyridine rings is 1. The summed E-state index contributed by atoms with van der Waals surface area (Å²) in [6, 6.07) is 0.712. The van der Waals surface area contributed by atoms with Crippen LogP contribution in [-0.4, -0.2) is 28.1 Å². The number of hydrogen-bond acceptors (Lipinski definition) is 6. The monoisotopic (exact) mass is 262 g/mol. The van der Waals surface area contributed by atoms with Gasteiger partial charge in [-0.3, -0.25) is 4.79 Å². The van der Waals surface area contributed by atoms with Crippen LogP contribution in [0.3, 0.4) is 0 Å². The molecule has 0 fully saturated rings. The van der Waals surface area contributed by atoms with Crippen LogP contribution in [0.15, 0.2) is 6.07 Å². The Kier molecular flexibility index (Phi) is 4.08. The fraction of sp³-hybridized carbons (Fsp3) is 0.333. The fourth-order valence-corrected chi connectivity index (χ4v) is 1.22. The van der Waals surface area contributed by atoms with E-state index in [0.717, 1.165) is 7.11 Å². The predicted octanol–water partition coefficient (Wildman–Crippen LogP) is 1.35. The highest BCUT2D eigenvalue weighted by Gasteiger charge is 2.28. The number of halogens is 2. The third-order valence-corrected chi connectivity index (χ3v) is 2.03. The summed E-state index contributed by atoms with van der Waals surface area (Å²) in [5.41, 5.74) is -1.40. The first kappa shape index (κ1) is 13.7. The molecule has 1 N–H and O–H groups in total. The summed E-state index contributed by atoms with van der Waals surface area (Å²) in [6.45, 7) is 0. The first-order valence-electron chi connectivity index (χ1n) is 4.59. The molecule has 0 bridgehead atoms. The molecule has 9 heteroatoms. The smallest absolute Gasteiger partial charge is 0.368 e. The zero-order chi connectivity index (χ0) is 13.9. The molecular weight excluding hydrogens is 254 g/mol. The maximum atomic E-state index is 12.4. The van der Waals surface area contributed by atoms with Crippen LogP contribution in [0.25, 0.3) is 0 Å². The largest absolute Gasteiger partial charge is 0.504 e. The summed E-state index contributed by atoms with van der Waals surface area (Å²) >= 11 is 0. The Morgan fingerprint density at radius 3 is 2.72 bits per heavy atom. The van der Waals surface area contributed by atoms with E-state index >= 15 is 0 Å². The summed E-state index contributed by atoms with van der Waals surface area (Å²) in [5.74, 6) is -2.63. The number of hydrogen-bond donors (Lipinski definition) is 1. The Morgan fingerprint density at radius 2 is 2.28 bits per heavy atom. The lowest BCUT2D eigenvalue weighted by Gasteiger charge is -2.04. The number of ether oxygens (including phenoxy) is 1. The van der Waals surface area contributed by atoms with Gasteiger partial charge in [-0.15, -0.1) is 0 Å². The van der Waals surface area contributed by atoms with Gasteiger partial charge in [0.15, 0.2) is 5.75 Å². The van der Waals surface area contributed by atoms with Crippen molar-refractivity contribution in [2.75, 3.05) is 7.11 Å². The molecule has 1 aromatic heterocycles. The molecule has 0 unspecified atom stereocenters. The summed E-state index contributed by atoms with van der Waals surface area (Å²) in [7, 11) is 1.06. The van der Waals surface area contributed by atoms with Crippen molar-refractivity contribution < 1.29 is 28.3 Å². The average molecular weight is 262 g/mol. The van der Waals surface area contributed by atoms with E-state index in [-0.39, 0.29) is 5.56 Å². The third-order valence-electron chi connectivity index (χ3n) is 2.03. The van der Waals surface area contributed by atoms with Crippen molar-refractivity contribution in [1.29, 1.82) is 0 Å². The van der Waals surface area contributed by atoms with Crippen LogP contribution in [0.5, 0.6) is 5.75 Å². The van der Waals surface area contributed by atoms with Gasteiger partial charge in [0.25, 0.3) is 5.69 Å². The third kappa shape index (κ3) is 2.87. The molecule has 1 aromatic rings. The molecule has 0 amide bonds. The molecule has 1 heterocycles. The number of aromatic nitrogens is 1. The molecule has 0 aliphatic carbocycles. The first-order chi connectivity index (χ1) is 8.36. The van der Waals surface area contributed by atoms with Gasteiger partial charge in [0.05, 0.1) is 19.1 Å². The maximum Gasteiger partial charge on any atom is 0.368 e. The number of nitrogens with zero attached hydrogens (tertiary/aromatic N) is 2. The highest BCUT2D eigenvalue weighted by atomic mass is 19.3. The number of rotatable bonds is 4. The zero-order valence-electron chi connectivity index (χ0n) is 9.09. The van der Waals surface area contributed by atoms with Gasteiger partial charge in [-0.1, -0.05) is 0 Å². The lowest BCUT2D eigenvalue weighted by Crippen LogP contribution is -2.09. The Labute approximate surface area is 99.2 Å². The summed E-state index contributed by atoms with van der Waals surface area (Å²) < 4.78 is 29.1. The molecule has 0 aromatic carbocycles.